The predicted molar refractivity (Wildman–Crippen MR) is 105 cm³/mol. The summed E-state index contributed by atoms with van der Waals surface area (Å²) < 4.78 is 0. The molecule has 1 aliphatic rings. The molecular formula is C22H26N2O2. The van der Waals surface area contributed by atoms with Gasteiger partial charge in [0, 0.05) is 23.7 Å². The Hall–Kier alpha value is -2.62. The Morgan fingerprint density at radius 3 is 2.46 bits per heavy atom. The number of para-hydroxylation sites is 2. The van der Waals surface area contributed by atoms with E-state index in [1.807, 2.05) is 30.3 Å². The maximum Gasteiger partial charge on any atom is 0.227 e. The minimum Gasteiger partial charge on any atom is -0.326 e. The molecule has 4 heteroatoms. The van der Waals surface area contributed by atoms with Crippen LogP contribution in [0.25, 0.3) is 0 Å². The molecule has 0 aromatic heterocycles. The lowest BCUT2D eigenvalue weighted by molar-refractivity contribution is -0.121. The molecule has 2 aromatic rings. The van der Waals surface area contributed by atoms with Crippen molar-refractivity contribution in [2.45, 2.75) is 46.0 Å². The van der Waals surface area contributed by atoms with Crippen molar-refractivity contribution in [2.75, 3.05) is 10.6 Å². The van der Waals surface area contributed by atoms with Crippen LogP contribution in [0.2, 0.25) is 0 Å². The maximum absolute atomic E-state index is 12.5. The molecule has 136 valence electrons. The number of benzene rings is 2. The topological polar surface area (TPSA) is 58.2 Å². The highest BCUT2D eigenvalue weighted by Gasteiger charge is 2.26. The van der Waals surface area contributed by atoms with Crippen LogP contribution in [-0.4, -0.2) is 11.8 Å². The zero-order valence-electron chi connectivity index (χ0n) is 15.5. The number of hydrogen-bond donors (Lipinski definition) is 2. The highest BCUT2D eigenvalue weighted by Crippen LogP contribution is 2.28. The summed E-state index contributed by atoms with van der Waals surface area (Å²) in [6.07, 6.45) is 3.36. The molecule has 2 amide bonds. The Morgan fingerprint density at radius 1 is 1.08 bits per heavy atom. The third-order valence-electron chi connectivity index (χ3n) is 5.10. The third-order valence-corrected chi connectivity index (χ3v) is 5.10. The van der Waals surface area contributed by atoms with Crippen molar-refractivity contribution in [3.63, 3.8) is 0 Å². The number of rotatable bonds is 6. The third kappa shape index (κ3) is 3.96. The number of nitrogens with one attached hydrogen (secondary N) is 2. The normalized spacial score (nSPS) is 15.9. The van der Waals surface area contributed by atoms with Crippen LogP contribution in [-0.2, 0) is 28.9 Å². The van der Waals surface area contributed by atoms with E-state index in [-0.39, 0.29) is 17.7 Å². The van der Waals surface area contributed by atoms with Crippen molar-refractivity contribution in [2.24, 2.45) is 5.92 Å². The second kappa shape index (κ2) is 8.17. The van der Waals surface area contributed by atoms with Crippen LogP contribution in [0, 0.1) is 5.92 Å². The number of anilines is 2. The summed E-state index contributed by atoms with van der Waals surface area (Å²) in [5.74, 6) is -0.158. The number of carbonyl (C=O) groups excluding carboxylic acids is 2. The molecule has 0 aliphatic carbocycles. The zero-order valence-corrected chi connectivity index (χ0v) is 15.5. The fourth-order valence-electron chi connectivity index (χ4n) is 3.56. The number of carbonyl (C=O) groups is 2. The molecule has 0 saturated carbocycles. The zero-order chi connectivity index (χ0) is 18.5. The predicted octanol–water partition coefficient (Wildman–Crippen LogP) is 4.34. The van der Waals surface area contributed by atoms with Gasteiger partial charge in [-0.2, -0.15) is 0 Å². The van der Waals surface area contributed by atoms with Gasteiger partial charge in [-0.25, -0.2) is 0 Å². The SMILES string of the molecule is CCc1cccc(CC)c1NC(=O)CCC1Cc2ccccc2NC1=O. The second-order valence-corrected chi connectivity index (χ2v) is 6.79. The van der Waals surface area contributed by atoms with Gasteiger partial charge < -0.3 is 10.6 Å². The molecule has 3 rings (SSSR count). The van der Waals surface area contributed by atoms with Gasteiger partial charge in [0.05, 0.1) is 0 Å². The molecule has 1 atom stereocenters. The van der Waals surface area contributed by atoms with Gasteiger partial charge in [0.1, 0.15) is 0 Å². The number of fused-ring (bicyclic) bond motifs is 1. The van der Waals surface area contributed by atoms with E-state index < -0.39 is 0 Å². The molecule has 0 fully saturated rings. The van der Waals surface area contributed by atoms with Crippen LogP contribution in [0.1, 0.15) is 43.4 Å². The molecular weight excluding hydrogens is 324 g/mol. The molecule has 0 bridgehead atoms. The molecule has 1 heterocycles. The van der Waals surface area contributed by atoms with Crippen LogP contribution in [0.5, 0.6) is 0 Å². The second-order valence-electron chi connectivity index (χ2n) is 6.79. The first-order valence-electron chi connectivity index (χ1n) is 9.41. The molecule has 4 nitrogen and oxygen atoms in total. The summed E-state index contributed by atoms with van der Waals surface area (Å²) in [6, 6.07) is 14.0. The summed E-state index contributed by atoms with van der Waals surface area (Å²) >= 11 is 0. The van der Waals surface area contributed by atoms with E-state index in [9.17, 15) is 9.59 Å². The van der Waals surface area contributed by atoms with E-state index in [0.717, 1.165) is 40.9 Å². The molecule has 26 heavy (non-hydrogen) atoms. The fourth-order valence-corrected chi connectivity index (χ4v) is 3.56. The summed E-state index contributed by atoms with van der Waals surface area (Å²) in [6.45, 7) is 4.18. The van der Waals surface area contributed by atoms with E-state index >= 15 is 0 Å². The quantitative estimate of drug-likeness (QED) is 0.814. The van der Waals surface area contributed by atoms with Gasteiger partial charge in [0.2, 0.25) is 11.8 Å². The van der Waals surface area contributed by atoms with Crippen LogP contribution in [0.15, 0.2) is 42.5 Å². The number of hydrogen-bond acceptors (Lipinski definition) is 2. The van der Waals surface area contributed by atoms with Gasteiger partial charge in [0.15, 0.2) is 0 Å². The van der Waals surface area contributed by atoms with Crippen molar-refractivity contribution in [1.29, 1.82) is 0 Å². The summed E-state index contributed by atoms with van der Waals surface area (Å²) in [5.41, 5.74) is 5.29. The highest BCUT2D eigenvalue weighted by molar-refractivity contribution is 5.97. The van der Waals surface area contributed by atoms with Gasteiger partial charge in [-0.3, -0.25) is 9.59 Å². The van der Waals surface area contributed by atoms with Gasteiger partial charge >= 0.3 is 0 Å². The standard InChI is InChI=1S/C22H26N2O2/c1-3-15-9-7-10-16(4-2)21(15)24-20(25)13-12-18-14-17-8-5-6-11-19(17)23-22(18)26/h5-11,18H,3-4,12-14H2,1-2H3,(H,23,26)(H,24,25). The molecule has 2 aromatic carbocycles. The van der Waals surface area contributed by atoms with E-state index in [1.54, 1.807) is 0 Å². The smallest absolute Gasteiger partial charge is 0.227 e. The van der Waals surface area contributed by atoms with Crippen molar-refractivity contribution in [3.05, 3.63) is 59.2 Å². The van der Waals surface area contributed by atoms with E-state index in [0.29, 0.717) is 19.3 Å². The molecule has 2 N–H and O–H groups in total. The van der Waals surface area contributed by atoms with Crippen LogP contribution in [0.4, 0.5) is 11.4 Å². The molecule has 0 radical (unpaired) electrons. The highest BCUT2D eigenvalue weighted by atomic mass is 16.2. The minimum absolute atomic E-state index is 0.0136. The Balaban J connectivity index is 1.63. The van der Waals surface area contributed by atoms with E-state index in [1.165, 1.54) is 0 Å². The minimum atomic E-state index is -0.150. The summed E-state index contributed by atoms with van der Waals surface area (Å²) in [5, 5.41) is 6.03. The van der Waals surface area contributed by atoms with Gasteiger partial charge in [0.25, 0.3) is 0 Å². The summed E-state index contributed by atoms with van der Waals surface area (Å²) in [7, 11) is 0. The average Bonchev–Trinajstić information content (AvgIpc) is 2.66. The van der Waals surface area contributed by atoms with Crippen molar-refractivity contribution in [1.82, 2.24) is 0 Å². The van der Waals surface area contributed by atoms with Crippen molar-refractivity contribution >= 4 is 23.2 Å². The maximum atomic E-state index is 12.5. The Labute approximate surface area is 155 Å². The van der Waals surface area contributed by atoms with Crippen LogP contribution >= 0.6 is 0 Å². The lowest BCUT2D eigenvalue weighted by atomic mass is 9.89. The average molecular weight is 350 g/mol. The first-order chi connectivity index (χ1) is 12.6. The lowest BCUT2D eigenvalue weighted by Crippen LogP contribution is -2.30. The number of aryl methyl sites for hydroxylation is 2. The molecule has 1 unspecified atom stereocenters. The van der Waals surface area contributed by atoms with E-state index in [4.69, 9.17) is 0 Å². The van der Waals surface area contributed by atoms with Crippen LogP contribution in [0.3, 0.4) is 0 Å². The Morgan fingerprint density at radius 2 is 1.77 bits per heavy atom. The van der Waals surface area contributed by atoms with Crippen molar-refractivity contribution < 1.29 is 9.59 Å². The van der Waals surface area contributed by atoms with Gasteiger partial charge in [-0.05, 0) is 48.4 Å². The Bertz CT molecular complexity index is 791. The van der Waals surface area contributed by atoms with Gasteiger partial charge in [-0.1, -0.05) is 50.2 Å². The monoisotopic (exact) mass is 350 g/mol. The van der Waals surface area contributed by atoms with E-state index in [2.05, 4.69) is 36.6 Å². The Kier molecular flexibility index (Phi) is 5.71. The molecule has 1 aliphatic heterocycles. The number of amides is 2. The summed E-state index contributed by atoms with van der Waals surface area (Å²) in [4.78, 5) is 24.8. The van der Waals surface area contributed by atoms with Crippen molar-refractivity contribution in [3.8, 4) is 0 Å². The van der Waals surface area contributed by atoms with Crippen LogP contribution < -0.4 is 10.6 Å². The first kappa shape index (κ1) is 18.2. The lowest BCUT2D eigenvalue weighted by Gasteiger charge is -2.24. The first-order valence-corrected chi connectivity index (χ1v) is 9.41. The fraction of sp³-hybridized carbons (Fsp3) is 0.364. The van der Waals surface area contributed by atoms with Gasteiger partial charge in [-0.15, -0.1) is 0 Å². The molecule has 0 spiro atoms. The molecule has 0 saturated heterocycles. The largest absolute Gasteiger partial charge is 0.326 e.